The van der Waals surface area contributed by atoms with Crippen LogP contribution in [-0.4, -0.2) is 17.5 Å². The zero-order valence-electron chi connectivity index (χ0n) is 9.36. The average Bonchev–Trinajstić information content (AvgIpc) is 2.77. The van der Waals surface area contributed by atoms with Crippen molar-refractivity contribution in [1.82, 2.24) is 4.37 Å². The fraction of sp³-hybridized carbons (Fsp3) is 0.167. The van der Waals surface area contributed by atoms with Gasteiger partial charge in [-0.05, 0) is 36.2 Å². The summed E-state index contributed by atoms with van der Waals surface area (Å²) in [5.74, 6) is -0.829. The molecule has 0 N–H and O–H groups in total. The lowest BCUT2D eigenvalue weighted by Gasteiger charge is -1.99. The number of benzene rings is 1. The SMILES string of the molecule is COC(=O)c1cc(-c2ccc(C)cc2F)sn1. The summed E-state index contributed by atoms with van der Waals surface area (Å²) < 4.78 is 22.2. The van der Waals surface area contributed by atoms with Crippen molar-refractivity contribution in [3.8, 4) is 10.4 Å². The highest BCUT2D eigenvalue weighted by atomic mass is 32.1. The quantitative estimate of drug-likeness (QED) is 0.770. The first-order valence-corrected chi connectivity index (χ1v) is 5.70. The third-order valence-electron chi connectivity index (χ3n) is 2.29. The number of esters is 1. The van der Waals surface area contributed by atoms with Gasteiger partial charge in [0.1, 0.15) is 5.82 Å². The second kappa shape index (κ2) is 4.63. The van der Waals surface area contributed by atoms with E-state index < -0.39 is 5.97 Å². The Kier molecular flexibility index (Phi) is 3.19. The maximum Gasteiger partial charge on any atom is 0.357 e. The minimum Gasteiger partial charge on any atom is -0.464 e. The van der Waals surface area contributed by atoms with Crippen molar-refractivity contribution < 1.29 is 13.9 Å². The van der Waals surface area contributed by atoms with E-state index in [2.05, 4.69) is 9.11 Å². The number of ether oxygens (including phenoxy) is 1. The summed E-state index contributed by atoms with van der Waals surface area (Å²) in [4.78, 5) is 11.8. The van der Waals surface area contributed by atoms with Crippen LogP contribution in [0.5, 0.6) is 0 Å². The maximum atomic E-state index is 13.7. The molecular formula is C12H10FNO2S. The van der Waals surface area contributed by atoms with Crippen LogP contribution in [0.4, 0.5) is 4.39 Å². The number of hydrogen-bond donors (Lipinski definition) is 0. The van der Waals surface area contributed by atoms with Crippen LogP contribution < -0.4 is 0 Å². The zero-order valence-corrected chi connectivity index (χ0v) is 10.2. The van der Waals surface area contributed by atoms with Gasteiger partial charge in [-0.25, -0.2) is 9.18 Å². The van der Waals surface area contributed by atoms with Gasteiger partial charge in [-0.15, -0.1) is 0 Å². The number of methoxy groups -OCH3 is 1. The molecular weight excluding hydrogens is 241 g/mol. The normalized spacial score (nSPS) is 10.3. The predicted molar refractivity (Wildman–Crippen MR) is 63.6 cm³/mol. The monoisotopic (exact) mass is 251 g/mol. The first-order valence-electron chi connectivity index (χ1n) is 4.93. The topological polar surface area (TPSA) is 39.2 Å². The highest BCUT2D eigenvalue weighted by Gasteiger charge is 2.14. The van der Waals surface area contributed by atoms with Gasteiger partial charge in [-0.1, -0.05) is 12.1 Å². The largest absolute Gasteiger partial charge is 0.464 e. The minimum absolute atomic E-state index is 0.201. The molecule has 1 heterocycles. The van der Waals surface area contributed by atoms with E-state index in [9.17, 15) is 9.18 Å². The number of carbonyl (C=O) groups is 1. The van der Waals surface area contributed by atoms with Gasteiger partial charge in [0.15, 0.2) is 5.69 Å². The molecule has 0 bridgehead atoms. The summed E-state index contributed by atoms with van der Waals surface area (Å²) in [5.41, 5.74) is 1.50. The lowest BCUT2D eigenvalue weighted by atomic mass is 10.1. The van der Waals surface area contributed by atoms with E-state index in [0.29, 0.717) is 10.4 Å². The van der Waals surface area contributed by atoms with Crippen LogP contribution in [-0.2, 0) is 4.74 Å². The first kappa shape index (κ1) is 11.7. The summed E-state index contributed by atoms with van der Waals surface area (Å²) in [7, 11) is 1.29. The van der Waals surface area contributed by atoms with E-state index in [0.717, 1.165) is 17.1 Å². The van der Waals surface area contributed by atoms with Crippen molar-refractivity contribution in [3.63, 3.8) is 0 Å². The second-order valence-corrected chi connectivity index (χ2v) is 4.36. The Balaban J connectivity index is 2.40. The van der Waals surface area contributed by atoms with E-state index in [-0.39, 0.29) is 11.5 Å². The molecule has 2 rings (SSSR count). The smallest absolute Gasteiger partial charge is 0.357 e. The Hall–Kier alpha value is -1.75. The van der Waals surface area contributed by atoms with Crippen molar-refractivity contribution in [2.45, 2.75) is 6.92 Å². The fourth-order valence-corrected chi connectivity index (χ4v) is 2.18. The molecule has 0 radical (unpaired) electrons. The third kappa shape index (κ3) is 2.34. The molecule has 17 heavy (non-hydrogen) atoms. The summed E-state index contributed by atoms with van der Waals surface area (Å²) in [5, 5.41) is 0. The summed E-state index contributed by atoms with van der Waals surface area (Å²) in [6, 6.07) is 6.48. The molecule has 0 atom stereocenters. The highest BCUT2D eigenvalue weighted by Crippen LogP contribution is 2.28. The molecule has 5 heteroatoms. The minimum atomic E-state index is -0.514. The number of halogens is 1. The van der Waals surface area contributed by atoms with Crippen LogP contribution in [0, 0.1) is 12.7 Å². The van der Waals surface area contributed by atoms with Gasteiger partial charge in [0.05, 0.1) is 12.0 Å². The van der Waals surface area contributed by atoms with E-state index in [1.165, 1.54) is 19.2 Å². The summed E-state index contributed by atoms with van der Waals surface area (Å²) >= 11 is 1.08. The summed E-state index contributed by atoms with van der Waals surface area (Å²) in [6.45, 7) is 1.82. The second-order valence-electron chi connectivity index (χ2n) is 3.55. The average molecular weight is 251 g/mol. The zero-order chi connectivity index (χ0) is 12.4. The van der Waals surface area contributed by atoms with E-state index in [1.54, 1.807) is 6.07 Å². The molecule has 0 fully saturated rings. The standard InChI is InChI=1S/C12H10FNO2S/c1-7-3-4-8(9(13)5-7)11-6-10(14-17-11)12(15)16-2/h3-6H,1-2H3. The Bertz CT molecular complexity index is 565. The number of carbonyl (C=O) groups excluding carboxylic acids is 1. The van der Waals surface area contributed by atoms with Crippen LogP contribution >= 0.6 is 11.5 Å². The van der Waals surface area contributed by atoms with Crippen molar-refractivity contribution in [3.05, 3.63) is 41.3 Å². The number of aryl methyl sites for hydroxylation is 1. The van der Waals surface area contributed by atoms with E-state index in [4.69, 9.17) is 0 Å². The molecule has 2 aromatic rings. The van der Waals surface area contributed by atoms with Crippen molar-refractivity contribution in [1.29, 1.82) is 0 Å². The Morgan fingerprint density at radius 2 is 2.18 bits per heavy atom. The molecule has 88 valence electrons. The Morgan fingerprint density at radius 3 is 2.82 bits per heavy atom. The Labute approximate surface area is 102 Å². The number of aromatic nitrogens is 1. The molecule has 0 aliphatic rings. The van der Waals surface area contributed by atoms with Gasteiger partial charge in [0.25, 0.3) is 0 Å². The van der Waals surface area contributed by atoms with Crippen molar-refractivity contribution in [2.24, 2.45) is 0 Å². The molecule has 0 unspecified atom stereocenters. The Morgan fingerprint density at radius 1 is 1.41 bits per heavy atom. The molecule has 0 saturated heterocycles. The third-order valence-corrected chi connectivity index (χ3v) is 3.12. The molecule has 1 aromatic heterocycles. The molecule has 0 amide bonds. The molecule has 0 aliphatic heterocycles. The number of hydrogen-bond acceptors (Lipinski definition) is 4. The van der Waals surface area contributed by atoms with Crippen molar-refractivity contribution in [2.75, 3.05) is 7.11 Å². The van der Waals surface area contributed by atoms with E-state index >= 15 is 0 Å². The van der Waals surface area contributed by atoms with E-state index in [1.807, 2.05) is 13.0 Å². The van der Waals surface area contributed by atoms with Gasteiger partial charge >= 0.3 is 5.97 Å². The van der Waals surface area contributed by atoms with Crippen LogP contribution in [0.1, 0.15) is 16.1 Å². The van der Waals surface area contributed by atoms with Gasteiger partial charge in [-0.3, -0.25) is 0 Å². The highest BCUT2D eigenvalue weighted by molar-refractivity contribution is 7.09. The lowest BCUT2D eigenvalue weighted by Crippen LogP contribution is -2.00. The van der Waals surface area contributed by atoms with Crippen molar-refractivity contribution >= 4 is 17.5 Å². The number of rotatable bonds is 2. The molecule has 1 aromatic carbocycles. The van der Waals surface area contributed by atoms with Crippen LogP contribution in [0.3, 0.4) is 0 Å². The van der Waals surface area contributed by atoms with Crippen LogP contribution in [0.25, 0.3) is 10.4 Å². The summed E-state index contributed by atoms with van der Waals surface area (Å²) in [6.07, 6.45) is 0. The van der Waals surface area contributed by atoms with Crippen LogP contribution in [0.2, 0.25) is 0 Å². The first-order chi connectivity index (χ1) is 8.11. The van der Waals surface area contributed by atoms with Gasteiger partial charge in [0, 0.05) is 5.56 Å². The van der Waals surface area contributed by atoms with Gasteiger partial charge in [-0.2, -0.15) is 4.37 Å². The predicted octanol–water partition coefficient (Wildman–Crippen LogP) is 3.04. The molecule has 3 nitrogen and oxygen atoms in total. The fourth-order valence-electron chi connectivity index (χ4n) is 1.42. The number of nitrogens with zero attached hydrogens (tertiary/aromatic N) is 1. The van der Waals surface area contributed by atoms with Gasteiger partial charge < -0.3 is 4.74 Å². The van der Waals surface area contributed by atoms with Gasteiger partial charge in [0.2, 0.25) is 0 Å². The lowest BCUT2D eigenvalue weighted by molar-refractivity contribution is 0.0595. The molecule has 0 saturated carbocycles. The maximum absolute atomic E-state index is 13.7. The molecule has 0 spiro atoms. The van der Waals surface area contributed by atoms with Crippen LogP contribution in [0.15, 0.2) is 24.3 Å². The molecule has 0 aliphatic carbocycles.